The third-order valence-electron chi connectivity index (χ3n) is 4.32. The van der Waals surface area contributed by atoms with Gasteiger partial charge in [0.1, 0.15) is 0 Å². The second-order valence-corrected chi connectivity index (χ2v) is 10.0. The average molecular weight is 429 g/mol. The van der Waals surface area contributed by atoms with Gasteiger partial charge in [-0.25, -0.2) is 13.1 Å². The lowest BCUT2D eigenvalue weighted by molar-refractivity contribution is 0.602. The van der Waals surface area contributed by atoms with Crippen molar-refractivity contribution in [1.82, 2.24) is 9.78 Å². The van der Waals surface area contributed by atoms with Crippen LogP contribution in [0.5, 0.6) is 0 Å². The Hall–Kier alpha value is -2.41. The number of hydrogen-bond donors (Lipinski definition) is 0. The van der Waals surface area contributed by atoms with Crippen LogP contribution in [0.3, 0.4) is 0 Å². The molecule has 0 unspecified atom stereocenters. The second kappa shape index (κ2) is 7.20. The van der Waals surface area contributed by atoms with E-state index in [1.165, 1.54) is 6.26 Å². The molecule has 0 aliphatic rings. The van der Waals surface area contributed by atoms with Crippen LogP contribution >= 0.6 is 22.9 Å². The largest absolute Gasteiger partial charge is 0.230 e. The normalized spacial score (nSPS) is 11.7. The third kappa shape index (κ3) is 3.63. The Morgan fingerprint density at radius 2 is 1.71 bits per heavy atom. The number of hydrogen-bond acceptors (Lipinski definition) is 4. The van der Waals surface area contributed by atoms with E-state index in [9.17, 15) is 8.42 Å². The van der Waals surface area contributed by atoms with Gasteiger partial charge in [0, 0.05) is 11.1 Å². The van der Waals surface area contributed by atoms with E-state index in [1.54, 1.807) is 29.5 Å². The Balaban J connectivity index is 1.79. The lowest BCUT2D eigenvalue weighted by Gasteiger charge is -2.08. The lowest BCUT2D eigenvalue weighted by Crippen LogP contribution is -1.99. The third-order valence-corrected chi connectivity index (χ3v) is 6.90. The maximum absolute atomic E-state index is 11.9. The van der Waals surface area contributed by atoms with Crippen LogP contribution in [0.15, 0.2) is 71.6 Å². The number of nitrogens with zero attached hydrogens (tertiary/aromatic N) is 2. The zero-order valence-corrected chi connectivity index (χ0v) is 17.6. The second-order valence-electron chi connectivity index (χ2n) is 6.50. The molecule has 0 radical (unpaired) electrons. The minimum atomic E-state index is -3.25. The fourth-order valence-electron chi connectivity index (χ4n) is 2.99. The molecule has 4 rings (SSSR count). The Morgan fingerprint density at radius 3 is 2.46 bits per heavy atom. The first-order chi connectivity index (χ1) is 13.3. The maximum Gasteiger partial charge on any atom is 0.175 e. The van der Waals surface area contributed by atoms with E-state index in [-0.39, 0.29) is 0 Å². The molecule has 0 aliphatic carbocycles. The van der Waals surface area contributed by atoms with Gasteiger partial charge in [0.25, 0.3) is 0 Å². The van der Waals surface area contributed by atoms with Gasteiger partial charge in [-0.05, 0) is 55.0 Å². The summed E-state index contributed by atoms with van der Waals surface area (Å²) in [6, 6.07) is 20.6. The summed E-state index contributed by atoms with van der Waals surface area (Å²) in [6.45, 7) is 1.95. The van der Waals surface area contributed by atoms with Gasteiger partial charge in [-0.2, -0.15) is 5.10 Å². The molecule has 2 heterocycles. The summed E-state index contributed by atoms with van der Waals surface area (Å²) in [6.07, 6.45) is 1.22. The smallest absolute Gasteiger partial charge is 0.175 e. The molecule has 0 N–H and O–H groups in total. The van der Waals surface area contributed by atoms with Crippen molar-refractivity contribution in [2.24, 2.45) is 0 Å². The van der Waals surface area contributed by atoms with Gasteiger partial charge in [0.15, 0.2) is 9.84 Å². The number of aromatic nitrogens is 2. The Kier molecular flexibility index (Phi) is 4.87. The van der Waals surface area contributed by atoms with Gasteiger partial charge >= 0.3 is 0 Å². The van der Waals surface area contributed by atoms with Crippen molar-refractivity contribution < 1.29 is 8.42 Å². The fourth-order valence-corrected chi connectivity index (χ4v) is 4.88. The first kappa shape index (κ1) is 18.9. The highest BCUT2D eigenvalue weighted by atomic mass is 35.5. The summed E-state index contributed by atoms with van der Waals surface area (Å²) in [5.41, 5.74) is 3.53. The molecule has 0 spiro atoms. The molecule has 0 amide bonds. The molecule has 4 nitrogen and oxygen atoms in total. The molecule has 0 saturated carbocycles. The van der Waals surface area contributed by atoms with Crippen molar-refractivity contribution in [1.29, 1.82) is 0 Å². The van der Waals surface area contributed by atoms with E-state index >= 15 is 0 Å². The van der Waals surface area contributed by atoms with Crippen molar-refractivity contribution in [2.45, 2.75) is 11.8 Å². The van der Waals surface area contributed by atoms with Crippen molar-refractivity contribution in [2.75, 3.05) is 6.26 Å². The number of sulfone groups is 1. The molecular weight excluding hydrogens is 412 g/mol. The van der Waals surface area contributed by atoms with Crippen molar-refractivity contribution in [3.8, 4) is 26.7 Å². The number of aryl methyl sites for hydroxylation is 1. The summed E-state index contributed by atoms with van der Waals surface area (Å²) >= 11 is 7.96. The number of thiophene rings is 1. The molecule has 0 bridgehead atoms. The predicted molar refractivity (Wildman–Crippen MR) is 115 cm³/mol. The molecule has 0 fully saturated rings. The van der Waals surface area contributed by atoms with E-state index in [2.05, 4.69) is 5.10 Å². The number of halogens is 1. The predicted octanol–water partition coefficient (Wildman–Crippen LogP) is 5.63. The van der Waals surface area contributed by atoms with Crippen LogP contribution in [0.1, 0.15) is 5.69 Å². The maximum atomic E-state index is 11.9. The summed E-state index contributed by atoms with van der Waals surface area (Å²) in [5.74, 6) is 0. The first-order valence-electron chi connectivity index (χ1n) is 8.55. The molecule has 7 heteroatoms. The highest BCUT2D eigenvalue weighted by molar-refractivity contribution is 7.90. The quantitative estimate of drug-likeness (QED) is 0.423. The summed E-state index contributed by atoms with van der Waals surface area (Å²) in [7, 11) is -3.25. The first-order valence-corrected chi connectivity index (χ1v) is 11.6. The van der Waals surface area contributed by atoms with Crippen LogP contribution < -0.4 is 0 Å². The Bertz CT molecular complexity index is 1270. The molecule has 2 aromatic heterocycles. The topological polar surface area (TPSA) is 52.0 Å². The molecule has 142 valence electrons. The van der Waals surface area contributed by atoms with Crippen LogP contribution in [0, 0.1) is 6.92 Å². The van der Waals surface area contributed by atoms with E-state index in [4.69, 9.17) is 11.6 Å². The number of benzene rings is 2. The Morgan fingerprint density at radius 1 is 0.964 bits per heavy atom. The highest BCUT2D eigenvalue weighted by Crippen LogP contribution is 2.37. The molecule has 0 aliphatic heterocycles. The van der Waals surface area contributed by atoms with Crippen molar-refractivity contribution in [3.63, 3.8) is 0 Å². The lowest BCUT2D eigenvalue weighted by atomic mass is 10.2. The molecular formula is C21H17ClN2O2S2. The Labute approximate surface area is 173 Å². The van der Waals surface area contributed by atoms with Gasteiger partial charge in [-0.1, -0.05) is 35.9 Å². The highest BCUT2D eigenvalue weighted by Gasteiger charge is 2.15. The van der Waals surface area contributed by atoms with Crippen LogP contribution in [0.2, 0.25) is 5.02 Å². The summed E-state index contributed by atoms with van der Waals surface area (Å²) in [5, 5.41) is 5.24. The fraction of sp³-hybridized carbons (Fsp3) is 0.0952. The molecule has 28 heavy (non-hydrogen) atoms. The molecule has 2 aromatic carbocycles. The summed E-state index contributed by atoms with van der Waals surface area (Å²) in [4.78, 5) is 2.34. The number of para-hydroxylation sites is 1. The van der Waals surface area contributed by atoms with Crippen LogP contribution in [-0.2, 0) is 9.84 Å². The van der Waals surface area contributed by atoms with Crippen molar-refractivity contribution >= 4 is 32.8 Å². The monoisotopic (exact) mass is 428 g/mol. The van der Waals surface area contributed by atoms with Gasteiger partial charge < -0.3 is 0 Å². The van der Waals surface area contributed by atoms with E-state index in [1.807, 2.05) is 60.1 Å². The number of rotatable bonds is 4. The van der Waals surface area contributed by atoms with Crippen LogP contribution in [-0.4, -0.2) is 24.5 Å². The average Bonchev–Trinajstić information content (AvgIpc) is 3.28. The minimum absolute atomic E-state index is 0.317. The zero-order chi connectivity index (χ0) is 19.9. The van der Waals surface area contributed by atoms with E-state index < -0.39 is 9.84 Å². The SMILES string of the molecule is Cc1cc(-c2ccc(-c3cccc(S(C)(=O)=O)c3)s2)n(-c2ccccc2Cl)n1. The van der Waals surface area contributed by atoms with Gasteiger partial charge in [-0.15, -0.1) is 11.3 Å². The molecule has 0 saturated heterocycles. The van der Waals surface area contributed by atoms with E-state index in [0.717, 1.165) is 32.4 Å². The van der Waals surface area contributed by atoms with Crippen LogP contribution in [0.25, 0.3) is 26.7 Å². The summed E-state index contributed by atoms with van der Waals surface area (Å²) < 4.78 is 25.6. The minimum Gasteiger partial charge on any atom is -0.230 e. The van der Waals surface area contributed by atoms with Gasteiger partial charge in [0.2, 0.25) is 0 Å². The van der Waals surface area contributed by atoms with Gasteiger partial charge in [0.05, 0.1) is 31.9 Å². The van der Waals surface area contributed by atoms with Gasteiger partial charge in [-0.3, -0.25) is 0 Å². The van der Waals surface area contributed by atoms with Crippen molar-refractivity contribution in [3.05, 3.63) is 77.4 Å². The van der Waals surface area contributed by atoms with E-state index in [0.29, 0.717) is 9.92 Å². The van der Waals surface area contributed by atoms with Crippen LogP contribution in [0.4, 0.5) is 0 Å². The zero-order valence-electron chi connectivity index (χ0n) is 15.3. The molecule has 4 aromatic rings. The molecule has 0 atom stereocenters. The standard InChI is InChI=1S/C21H17ClN2O2S2/c1-14-12-19(24(23-14)18-9-4-3-8-17(18)22)21-11-10-20(27-21)15-6-5-7-16(13-15)28(2,25)26/h3-13H,1-2H3.